The van der Waals surface area contributed by atoms with Gasteiger partial charge < -0.3 is 14.5 Å². The van der Waals surface area contributed by atoms with Crippen LogP contribution >= 0.6 is 0 Å². The number of nitrogens with zero attached hydrogens (tertiary/aromatic N) is 1. The van der Waals surface area contributed by atoms with Gasteiger partial charge >= 0.3 is 7.12 Å². The number of aryl methyl sites for hydroxylation is 2. The van der Waals surface area contributed by atoms with Crippen molar-refractivity contribution in [1.29, 1.82) is 0 Å². The largest absolute Gasteiger partial charge is 0.492 e. The average Bonchev–Trinajstić information content (AvgIpc) is 2.65. The van der Waals surface area contributed by atoms with Crippen molar-refractivity contribution in [2.45, 2.75) is 13.8 Å². The lowest BCUT2D eigenvalue weighted by Crippen LogP contribution is -2.30. The molecule has 0 spiro atoms. The highest BCUT2D eigenvalue weighted by molar-refractivity contribution is 6.61. The molecule has 2 aromatic heterocycles. The highest BCUT2D eigenvalue weighted by atomic mass is 16.4. The van der Waals surface area contributed by atoms with Crippen molar-refractivity contribution in [3.05, 3.63) is 35.5 Å². The number of aromatic nitrogens is 1. The first kappa shape index (κ1) is 11.3. The van der Waals surface area contributed by atoms with Crippen molar-refractivity contribution >= 4 is 34.7 Å². The van der Waals surface area contributed by atoms with Crippen LogP contribution in [0.3, 0.4) is 0 Å². The molecule has 0 fully saturated rings. The van der Waals surface area contributed by atoms with Gasteiger partial charge in [-0.1, -0.05) is 11.6 Å². The normalized spacial score (nSPS) is 11.3. The van der Waals surface area contributed by atoms with Gasteiger partial charge in [0.15, 0.2) is 0 Å². The van der Waals surface area contributed by atoms with E-state index in [0.717, 1.165) is 22.0 Å². The van der Waals surface area contributed by atoms with Crippen LogP contribution in [0.2, 0.25) is 0 Å². The molecule has 2 N–H and O–H groups in total. The molecule has 0 saturated carbocycles. The van der Waals surface area contributed by atoms with Gasteiger partial charge in [-0.2, -0.15) is 0 Å². The Morgan fingerprint density at radius 3 is 2.61 bits per heavy atom. The van der Waals surface area contributed by atoms with Gasteiger partial charge in [-0.25, -0.2) is 4.98 Å². The Labute approximate surface area is 104 Å². The molecule has 90 valence electrons. The molecular weight excluding hydrogens is 229 g/mol. The van der Waals surface area contributed by atoms with Gasteiger partial charge in [-0.3, -0.25) is 0 Å². The Kier molecular flexibility index (Phi) is 2.40. The Morgan fingerprint density at radius 1 is 1.11 bits per heavy atom. The maximum absolute atomic E-state index is 9.40. The number of fused-ring (bicyclic) bond motifs is 3. The van der Waals surface area contributed by atoms with E-state index in [1.807, 2.05) is 32.0 Å². The second-order valence-corrected chi connectivity index (χ2v) is 4.51. The first-order chi connectivity index (χ1) is 8.56. The number of benzene rings is 1. The summed E-state index contributed by atoms with van der Waals surface area (Å²) in [5.41, 5.74) is 3.21. The summed E-state index contributed by atoms with van der Waals surface area (Å²) in [4.78, 5) is 4.31. The molecule has 0 saturated heterocycles. The molecule has 0 aliphatic heterocycles. The van der Waals surface area contributed by atoms with E-state index in [-0.39, 0.29) is 0 Å². The lowest BCUT2D eigenvalue weighted by Gasteiger charge is -2.02. The first-order valence-corrected chi connectivity index (χ1v) is 5.73. The van der Waals surface area contributed by atoms with Gasteiger partial charge in [0.1, 0.15) is 5.58 Å². The molecule has 2 heterocycles. The molecule has 0 unspecified atom stereocenters. The van der Waals surface area contributed by atoms with Crippen molar-refractivity contribution in [2.24, 2.45) is 0 Å². The first-order valence-electron chi connectivity index (χ1n) is 5.73. The molecule has 5 heteroatoms. The van der Waals surface area contributed by atoms with Gasteiger partial charge in [0.25, 0.3) is 0 Å². The zero-order valence-electron chi connectivity index (χ0n) is 10.1. The predicted octanol–water partition coefficient (Wildman–Crippen LogP) is 1.28. The van der Waals surface area contributed by atoms with Crippen molar-refractivity contribution in [2.75, 3.05) is 0 Å². The lowest BCUT2D eigenvalue weighted by molar-refractivity contribution is 0.425. The quantitative estimate of drug-likeness (QED) is 0.630. The second-order valence-electron chi connectivity index (χ2n) is 4.51. The van der Waals surface area contributed by atoms with E-state index in [0.29, 0.717) is 16.8 Å². The van der Waals surface area contributed by atoms with Crippen molar-refractivity contribution in [3.63, 3.8) is 0 Å². The van der Waals surface area contributed by atoms with E-state index in [1.165, 1.54) is 0 Å². The van der Waals surface area contributed by atoms with Crippen molar-refractivity contribution in [3.8, 4) is 0 Å². The van der Waals surface area contributed by atoms with Gasteiger partial charge in [0.2, 0.25) is 5.71 Å². The molecule has 0 radical (unpaired) electrons. The summed E-state index contributed by atoms with van der Waals surface area (Å²) in [6.07, 6.45) is 0. The lowest BCUT2D eigenvalue weighted by atomic mass is 9.78. The van der Waals surface area contributed by atoms with Crippen molar-refractivity contribution in [1.82, 2.24) is 4.98 Å². The summed E-state index contributed by atoms with van der Waals surface area (Å²) in [6.45, 7) is 3.80. The number of hydrogen-bond donors (Lipinski definition) is 2. The third kappa shape index (κ3) is 1.60. The Morgan fingerprint density at radius 2 is 1.89 bits per heavy atom. The van der Waals surface area contributed by atoms with E-state index < -0.39 is 7.12 Å². The molecule has 3 aromatic rings. The molecule has 0 aliphatic rings. The molecular formula is C13H12BNO3. The zero-order chi connectivity index (χ0) is 12.9. The van der Waals surface area contributed by atoms with Gasteiger partial charge in [0, 0.05) is 21.9 Å². The summed E-state index contributed by atoms with van der Waals surface area (Å²) >= 11 is 0. The average molecular weight is 241 g/mol. The Bertz CT molecular complexity index is 749. The Balaban J connectivity index is 2.49. The van der Waals surface area contributed by atoms with Crippen LogP contribution in [0, 0.1) is 13.8 Å². The van der Waals surface area contributed by atoms with Crippen molar-refractivity contribution < 1.29 is 14.5 Å². The van der Waals surface area contributed by atoms with Crippen LogP contribution in [0.25, 0.3) is 22.1 Å². The number of rotatable bonds is 1. The van der Waals surface area contributed by atoms with Crippen LogP contribution in [-0.2, 0) is 0 Å². The minimum atomic E-state index is -1.55. The van der Waals surface area contributed by atoms with Crippen LogP contribution in [0.4, 0.5) is 0 Å². The summed E-state index contributed by atoms with van der Waals surface area (Å²) < 4.78 is 5.65. The zero-order valence-corrected chi connectivity index (χ0v) is 10.1. The van der Waals surface area contributed by atoms with Crippen LogP contribution in [0.5, 0.6) is 0 Å². The van der Waals surface area contributed by atoms with Crippen LogP contribution in [0.1, 0.15) is 11.3 Å². The number of pyridine rings is 1. The smallest absolute Gasteiger partial charge is 0.438 e. The predicted molar refractivity (Wildman–Crippen MR) is 70.8 cm³/mol. The summed E-state index contributed by atoms with van der Waals surface area (Å²) in [6, 6.07) is 7.53. The standard InChI is InChI=1S/C13H12BNO3/c1-7-5-10-9-4-3-8(2)15-13(9)18-12(10)11(6-7)14(16)17/h3-6,16-17H,1-2H3. The summed E-state index contributed by atoms with van der Waals surface area (Å²) in [7, 11) is -1.55. The molecule has 3 rings (SSSR count). The third-order valence-corrected chi connectivity index (χ3v) is 3.03. The van der Waals surface area contributed by atoms with E-state index in [2.05, 4.69) is 4.98 Å². The van der Waals surface area contributed by atoms with Gasteiger partial charge in [0.05, 0.1) is 0 Å². The van der Waals surface area contributed by atoms with E-state index >= 15 is 0 Å². The maximum atomic E-state index is 9.40. The fourth-order valence-electron chi connectivity index (χ4n) is 2.22. The third-order valence-electron chi connectivity index (χ3n) is 3.03. The number of hydrogen-bond acceptors (Lipinski definition) is 4. The van der Waals surface area contributed by atoms with Crippen LogP contribution < -0.4 is 5.46 Å². The van der Waals surface area contributed by atoms with E-state index in [4.69, 9.17) is 4.42 Å². The minimum Gasteiger partial charge on any atom is -0.438 e. The monoisotopic (exact) mass is 241 g/mol. The number of furan rings is 1. The molecule has 0 bridgehead atoms. The molecule has 0 atom stereocenters. The fraction of sp³-hybridized carbons (Fsp3) is 0.154. The Hall–Kier alpha value is -1.85. The summed E-state index contributed by atoms with van der Waals surface area (Å²) in [5, 5.41) is 20.6. The van der Waals surface area contributed by atoms with Crippen LogP contribution in [0.15, 0.2) is 28.7 Å². The topological polar surface area (TPSA) is 66.5 Å². The fourth-order valence-corrected chi connectivity index (χ4v) is 2.22. The SMILES string of the molecule is Cc1cc(B(O)O)c2oc3nc(C)ccc3c2c1. The molecule has 18 heavy (non-hydrogen) atoms. The van der Waals surface area contributed by atoms with E-state index in [9.17, 15) is 10.0 Å². The van der Waals surface area contributed by atoms with Crippen LogP contribution in [-0.4, -0.2) is 22.2 Å². The minimum absolute atomic E-state index is 0.376. The van der Waals surface area contributed by atoms with Gasteiger partial charge in [-0.15, -0.1) is 0 Å². The molecule has 0 aliphatic carbocycles. The highest BCUT2D eigenvalue weighted by Gasteiger charge is 2.20. The highest BCUT2D eigenvalue weighted by Crippen LogP contribution is 2.27. The molecule has 4 nitrogen and oxygen atoms in total. The summed E-state index contributed by atoms with van der Waals surface area (Å²) in [5.74, 6) is 0. The van der Waals surface area contributed by atoms with Gasteiger partial charge in [-0.05, 0) is 32.0 Å². The molecule has 0 amide bonds. The maximum Gasteiger partial charge on any atom is 0.492 e. The molecule has 1 aromatic carbocycles. The second kappa shape index (κ2) is 3.83. The van der Waals surface area contributed by atoms with E-state index in [1.54, 1.807) is 6.07 Å².